The molecule has 0 bridgehead atoms. The summed E-state index contributed by atoms with van der Waals surface area (Å²) < 4.78 is 40.0. The van der Waals surface area contributed by atoms with Crippen molar-refractivity contribution in [3.05, 3.63) is 59.2 Å². The van der Waals surface area contributed by atoms with E-state index < -0.39 is 12.4 Å². The molecule has 1 aromatic carbocycles. The number of piperidine rings is 1. The van der Waals surface area contributed by atoms with Crippen LogP contribution in [-0.4, -0.2) is 81.3 Å². The van der Waals surface area contributed by atoms with E-state index in [1.807, 2.05) is 18.2 Å². The van der Waals surface area contributed by atoms with Crippen LogP contribution in [0.25, 0.3) is 0 Å². The fourth-order valence-electron chi connectivity index (χ4n) is 8.25. The summed E-state index contributed by atoms with van der Waals surface area (Å²) in [5.41, 5.74) is 2.00. The second-order valence-corrected chi connectivity index (χ2v) is 18.7. The first-order chi connectivity index (χ1) is 33.8. The van der Waals surface area contributed by atoms with Crippen LogP contribution in [0.5, 0.6) is 0 Å². The van der Waals surface area contributed by atoms with Crippen molar-refractivity contribution in [1.29, 1.82) is 0 Å². The van der Waals surface area contributed by atoms with Crippen LogP contribution in [0.15, 0.2) is 42.5 Å². The van der Waals surface area contributed by atoms with Gasteiger partial charge < -0.3 is 38.1 Å². The lowest BCUT2D eigenvalue weighted by molar-refractivity contribution is -0.160. The number of unbranched alkanes of at least 4 members (excludes halogenated alkanes) is 15. The monoisotopic (exact) mass is 970 g/mol. The topological polar surface area (TPSA) is 136 Å². The number of hydrogen-bond acceptors (Lipinski definition) is 12. The zero-order valence-corrected chi connectivity index (χ0v) is 43.8. The maximum atomic E-state index is 13.1. The highest BCUT2D eigenvalue weighted by molar-refractivity contribution is 5.70. The van der Waals surface area contributed by atoms with Gasteiger partial charge in [0.05, 0.1) is 19.6 Å². The SMILES string of the molecule is CC/C=C\CCCCOC(CCC(=O)OCc1cc(COC(=O)CCCCCC(=O)OCCCCCCCCCCCC)cc(COC(=O)OCC2CCCN(CC)C2)c1)OCCCC/C=C\CC. The minimum atomic E-state index is -0.739. The molecule has 0 N–H and O–H groups in total. The Morgan fingerprint density at radius 2 is 1.04 bits per heavy atom. The lowest BCUT2D eigenvalue weighted by Gasteiger charge is -2.31. The molecular weight excluding hydrogens is 875 g/mol. The van der Waals surface area contributed by atoms with Crippen molar-refractivity contribution in [2.45, 2.75) is 227 Å². The number of carbonyl (C=O) groups excluding carboxylic acids is 4. The normalized spacial score (nSPS) is 14.2. The van der Waals surface area contributed by atoms with Gasteiger partial charge in [-0.05, 0) is 131 Å². The Bertz CT molecular complexity index is 1510. The second-order valence-electron chi connectivity index (χ2n) is 18.7. The lowest BCUT2D eigenvalue weighted by atomic mass is 9.99. The second kappa shape index (κ2) is 43.1. The number of likely N-dealkylation sites (tertiary alicyclic amines) is 1. The molecule has 1 aliphatic rings. The van der Waals surface area contributed by atoms with Crippen LogP contribution in [0.2, 0.25) is 0 Å². The van der Waals surface area contributed by atoms with E-state index >= 15 is 0 Å². The average molecular weight is 970 g/mol. The molecule has 1 saturated heterocycles. The van der Waals surface area contributed by atoms with Crippen LogP contribution in [0.4, 0.5) is 4.79 Å². The van der Waals surface area contributed by atoms with Crippen molar-refractivity contribution < 1.29 is 52.3 Å². The first-order valence-electron chi connectivity index (χ1n) is 27.4. The number of allylic oxidation sites excluding steroid dienone is 4. The van der Waals surface area contributed by atoms with Gasteiger partial charge in [0, 0.05) is 44.9 Å². The summed E-state index contributed by atoms with van der Waals surface area (Å²) >= 11 is 0. The van der Waals surface area contributed by atoms with E-state index in [1.54, 1.807) is 0 Å². The number of hydrogen-bond donors (Lipinski definition) is 0. The number of rotatable bonds is 43. The molecule has 0 radical (unpaired) electrons. The van der Waals surface area contributed by atoms with E-state index in [4.69, 9.17) is 33.2 Å². The third-order valence-electron chi connectivity index (χ3n) is 12.3. The zero-order valence-electron chi connectivity index (χ0n) is 43.8. The average Bonchev–Trinajstić information content (AvgIpc) is 3.36. The third kappa shape index (κ3) is 35.1. The minimum Gasteiger partial charge on any atom is -0.466 e. The van der Waals surface area contributed by atoms with E-state index in [9.17, 15) is 19.2 Å². The van der Waals surface area contributed by atoms with Gasteiger partial charge in [0.15, 0.2) is 6.29 Å². The first-order valence-corrected chi connectivity index (χ1v) is 27.4. The van der Waals surface area contributed by atoms with E-state index in [-0.39, 0.29) is 56.5 Å². The van der Waals surface area contributed by atoms with Crippen molar-refractivity contribution in [3.8, 4) is 0 Å². The van der Waals surface area contributed by atoms with E-state index in [2.05, 4.69) is 56.9 Å². The van der Waals surface area contributed by atoms with Crippen molar-refractivity contribution in [2.75, 3.05) is 46.1 Å². The number of benzene rings is 1. The third-order valence-corrected chi connectivity index (χ3v) is 12.3. The van der Waals surface area contributed by atoms with Crippen molar-refractivity contribution >= 4 is 24.1 Å². The van der Waals surface area contributed by atoms with Gasteiger partial charge in [-0.1, -0.05) is 116 Å². The van der Waals surface area contributed by atoms with Crippen LogP contribution >= 0.6 is 0 Å². The molecule has 1 unspecified atom stereocenters. The molecule has 0 saturated carbocycles. The van der Waals surface area contributed by atoms with Gasteiger partial charge in [-0.3, -0.25) is 14.4 Å². The van der Waals surface area contributed by atoms with Crippen molar-refractivity contribution in [2.24, 2.45) is 5.92 Å². The molecule has 0 spiro atoms. The molecule has 0 amide bonds. The lowest BCUT2D eigenvalue weighted by Crippen LogP contribution is -2.37. The summed E-state index contributed by atoms with van der Waals surface area (Å²) in [7, 11) is 0. The summed E-state index contributed by atoms with van der Waals surface area (Å²) in [5.74, 6) is -0.635. The first kappa shape index (κ1) is 61.4. The summed E-state index contributed by atoms with van der Waals surface area (Å²) in [6.07, 6.45) is 33.0. The molecule has 0 aromatic heterocycles. The molecule has 0 aliphatic carbocycles. The number of nitrogens with zero attached hydrogens (tertiary/aromatic N) is 1. The predicted octanol–water partition coefficient (Wildman–Crippen LogP) is 14.0. The van der Waals surface area contributed by atoms with Gasteiger partial charge in [-0.2, -0.15) is 0 Å². The summed E-state index contributed by atoms with van der Waals surface area (Å²) in [5, 5.41) is 0. The Kier molecular flexibility index (Phi) is 38.3. The van der Waals surface area contributed by atoms with Crippen LogP contribution < -0.4 is 0 Å². The molecule has 12 heteroatoms. The number of carbonyl (C=O) groups is 4. The Labute approximate surface area is 418 Å². The molecule has 1 heterocycles. The largest absolute Gasteiger partial charge is 0.508 e. The van der Waals surface area contributed by atoms with E-state index in [0.717, 1.165) is 96.7 Å². The predicted molar refractivity (Wildman–Crippen MR) is 274 cm³/mol. The molecule has 1 fully saturated rings. The minimum absolute atomic E-state index is 0.000893. The number of ether oxygens (including phenoxy) is 7. The summed E-state index contributed by atoms with van der Waals surface area (Å²) in [6.45, 7) is 13.4. The molecular formula is C57H95NO11. The van der Waals surface area contributed by atoms with Gasteiger partial charge in [-0.15, -0.1) is 0 Å². The molecule has 1 aliphatic heterocycles. The highest BCUT2D eigenvalue weighted by Gasteiger charge is 2.21. The fourth-order valence-corrected chi connectivity index (χ4v) is 8.25. The molecule has 1 atom stereocenters. The van der Waals surface area contributed by atoms with E-state index in [0.29, 0.717) is 75.2 Å². The Balaban J connectivity index is 1.87. The summed E-state index contributed by atoms with van der Waals surface area (Å²) in [4.78, 5) is 53.1. The summed E-state index contributed by atoms with van der Waals surface area (Å²) in [6, 6.07) is 5.45. The van der Waals surface area contributed by atoms with E-state index in [1.165, 1.54) is 51.4 Å². The van der Waals surface area contributed by atoms with Gasteiger partial charge in [-0.25, -0.2) is 4.79 Å². The van der Waals surface area contributed by atoms with Crippen molar-refractivity contribution in [1.82, 2.24) is 4.90 Å². The maximum absolute atomic E-state index is 13.1. The Hall–Kier alpha value is -3.74. The smallest absolute Gasteiger partial charge is 0.466 e. The van der Waals surface area contributed by atoms with Gasteiger partial charge >= 0.3 is 24.1 Å². The molecule has 394 valence electrons. The van der Waals surface area contributed by atoms with Gasteiger partial charge in [0.2, 0.25) is 0 Å². The number of esters is 3. The van der Waals surface area contributed by atoms with Crippen LogP contribution in [0.1, 0.15) is 218 Å². The highest BCUT2D eigenvalue weighted by atomic mass is 16.7. The Morgan fingerprint density at radius 1 is 0.551 bits per heavy atom. The van der Waals surface area contributed by atoms with Crippen LogP contribution in [0, 0.1) is 5.92 Å². The molecule has 12 nitrogen and oxygen atoms in total. The van der Waals surface area contributed by atoms with Crippen molar-refractivity contribution in [3.63, 3.8) is 0 Å². The Morgan fingerprint density at radius 3 is 1.59 bits per heavy atom. The molecule has 2 rings (SSSR count). The van der Waals surface area contributed by atoms with Gasteiger partial charge in [0.1, 0.15) is 19.8 Å². The fraction of sp³-hybridized carbons (Fsp3) is 0.754. The maximum Gasteiger partial charge on any atom is 0.508 e. The standard InChI is InChI=1S/C57H95NO11/c1-5-9-12-15-18-19-20-21-24-28-38-63-53(59)33-26-25-27-34-54(60)66-46-50-41-51(43-52(42-50)48-69-57(62)68-45-49-32-31-37-58(8-4)44-49)47-67-55(61)35-36-56(64-39-29-22-16-13-10-6-2)65-40-30-23-17-14-11-7-3/h10-11,13-14,41-43,49,56H,5-9,12,15-40,44-48H2,1-4H3/b13-10-,14-11-. The molecule has 1 aromatic rings. The van der Waals surface area contributed by atoms with Gasteiger partial charge in [0.25, 0.3) is 0 Å². The van der Waals surface area contributed by atoms with Crippen LogP contribution in [0.3, 0.4) is 0 Å². The zero-order chi connectivity index (χ0) is 49.8. The quantitative estimate of drug-likeness (QED) is 0.0203. The highest BCUT2D eigenvalue weighted by Crippen LogP contribution is 2.19. The molecule has 69 heavy (non-hydrogen) atoms. The van der Waals surface area contributed by atoms with Crippen LogP contribution in [-0.2, 0) is 67.4 Å².